The van der Waals surface area contributed by atoms with Gasteiger partial charge in [0.05, 0.1) is 24.7 Å². The maximum absolute atomic E-state index is 13.1. The number of rotatable bonds is 5. The van der Waals surface area contributed by atoms with Crippen LogP contribution in [0.1, 0.15) is 42.4 Å². The van der Waals surface area contributed by atoms with E-state index in [1.54, 1.807) is 22.8 Å². The van der Waals surface area contributed by atoms with E-state index in [0.717, 1.165) is 24.1 Å². The molecule has 0 spiro atoms. The molecule has 1 saturated heterocycles. The highest BCUT2D eigenvalue weighted by Crippen LogP contribution is 2.46. The van der Waals surface area contributed by atoms with E-state index in [1.165, 1.54) is 6.39 Å². The van der Waals surface area contributed by atoms with Crippen LogP contribution in [-0.2, 0) is 23.2 Å². The van der Waals surface area contributed by atoms with Gasteiger partial charge in [-0.05, 0) is 19.8 Å². The summed E-state index contributed by atoms with van der Waals surface area (Å²) in [6, 6.07) is -0.0173. The van der Waals surface area contributed by atoms with Crippen molar-refractivity contribution in [2.75, 3.05) is 7.05 Å². The Hall–Kier alpha value is -2.71. The molecule has 0 aromatic carbocycles. The lowest BCUT2D eigenvalue weighted by molar-refractivity contribution is -0.136. The molecule has 9 heteroatoms. The van der Waals surface area contributed by atoms with E-state index in [-0.39, 0.29) is 36.9 Å². The van der Waals surface area contributed by atoms with Gasteiger partial charge >= 0.3 is 0 Å². The normalized spacial score (nSPS) is 22.9. The monoisotopic (exact) mass is 358 g/mol. The van der Waals surface area contributed by atoms with Crippen LogP contribution in [0.25, 0.3) is 0 Å². The third-order valence-corrected chi connectivity index (χ3v) is 5.37. The van der Waals surface area contributed by atoms with E-state index in [4.69, 9.17) is 4.52 Å². The first kappa shape index (κ1) is 16.7. The summed E-state index contributed by atoms with van der Waals surface area (Å²) in [5.74, 6) is -0.0205. The fourth-order valence-corrected chi connectivity index (χ4v) is 3.77. The third kappa shape index (κ3) is 2.77. The molecule has 2 atom stereocenters. The number of likely N-dealkylation sites (tertiary alicyclic amines) is 1. The lowest BCUT2D eigenvalue weighted by atomic mass is 9.92. The van der Waals surface area contributed by atoms with Crippen molar-refractivity contribution >= 4 is 11.8 Å². The van der Waals surface area contributed by atoms with Crippen LogP contribution in [0.15, 0.2) is 17.1 Å². The van der Waals surface area contributed by atoms with Gasteiger partial charge in [0.15, 0.2) is 5.82 Å². The summed E-state index contributed by atoms with van der Waals surface area (Å²) in [4.78, 5) is 33.3. The van der Waals surface area contributed by atoms with Crippen molar-refractivity contribution in [1.82, 2.24) is 29.7 Å². The van der Waals surface area contributed by atoms with Crippen molar-refractivity contribution in [2.24, 2.45) is 13.0 Å². The number of aromatic nitrogens is 4. The topological polar surface area (TPSA) is 97.4 Å². The fraction of sp³-hybridized carbons (Fsp3) is 0.588. The molecule has 138 valence electrons. The van der Waals surface area contributed by atoms with Gasteiger partial charge in [-0.2, -0.15) is 10.1 Å². The Balaban J connectivity index is 1.63. The highest BCUT2D eigenvalue weighted by molar-refractivity contribution is 5.90. The Kier molecular flexibility index (Phi) is 4.01. The van der Waals surface area contributed by atoms with Gasteiger partial charge in [-0.1, -0.05) is 5.16 Å². The van der Waals surface area contributed by atoms with Crippen LogP contribution in [0.3, 0.4) is 0 Å². The number of carbonyl (C=O) groups excluding carboxylic acids is 2. The molecule has 2 fully saturated rings. The Bertz CT molecular complexity index is 826. The summed E-state index contributed by atoms with van der Waals surface area (Å²) in [7, 11) is 3.58. The molecule has 2 aromatic heterocycles. The molecular formula is C17H22N6O3. The molecule has 1 aliphatic heterocycles. The van der Waals surface area contributed by atoms with E-state index in [0.29, 0.717) is 5.82 Å². The average Bonchev–Trinajstić information content (AvgIpc) is 3.06. The highest BCUT2D eigenvalue weighted by atomic mass is 16.5. The van der Waals surface area contributed by atoms with Gasteiger partial charge in [-0.3, -0.25) is 14.3 Å². The summed E-state index contributed by atoms with van der Waals surface area (Å²) in [5, 5.41) is 8.08. The molecule has 2 aliphatic rings. The average molecular weight is 358 g/mol. The number of aryl methyl sites for hydroxylation is 1. The van der Waals surface area contributed by atoms with Gasteiger partial charge in [0.1, 0.15) is 0 Å². The molecule has 26 heavy (non-hydrogen) atoms. The standard InChI is InChI=1S/C17H22N6O3/c1-10-13(7-19-22(10)3)16-12(6-15(24)23(16)11-4-5-11)17(25)21(2)8-14-18-9-26-20-14/h7,9,11-12,16H,4-6,8H2,1-3H3/t12-,16-/m0/s1. The molecule has 0 N–H and O–H groups in total. The lowest BCUT2D eigenvalue weighted by Gasteiger charge is -2.29. The van der Waals surface area contributed by atoms with Gasteiger partial charge in [0.25, 0.3) is 0 Å². The zero-order valence-electron chi connectivity index (χ0n) is 15.1. The number of hydrogen-bond acceptors (Lipinski definition) is 6. The third-order valence-electron chi connectivity index (χ3n) is 5.37. The minimum atomic E-state index is -0.428. The molecular weight excluding hydrogens is 336 g/mol. The van der Waals surface area contributed by atoms with Crippen LogP contribution < -0.4 is 0 Å². The number of carbonyl (C=O) groups is 2. The van der Waals surface area contributed by atoms with Gasteiger partial charge in [-0.15, -0.1) is 0 Å². The van der Waals surface area contributed by atoms with E-state index >= 15 is 0 Å². The molecule has 2 aromatic rings. The van der Waals surface area contributed by atoms with Crippen molar-refractivity contribution in [2.45, 2.75) is 44.8 Å². The smallest absolute Gasteiger partial charge is 0.228 e. The second-order valence-corrected chi connectivity index (χ2v) is 7.14. The fourth-order valence-electron chi connectivity index (χ4n) is 3.77. The maximum Gasteiger partial charge on any atom is 0.228 e. The predicted molar refractivity (Wildman–Crippen MR) is 89.4 cm³/mol. The first-order chi connectivity index (χ1) is 12.5. The van der Waals surface area contributed by atoms with E-state index in [2.05, 4.69) is 15.2 Å². The molecule has 1 saturated carbocycles. The summed E-state index contributed by atoms with van der Waals surface area (Å²) < 4.78 is 6.52. The van der Waals surface area contributed by atoms with Crippen molar-refractivity contribution < 1.29 is 14.1 Å². The van der Waals surface area contributed by atoms with Gasteiger partial charge in [-0.25, -0.2) is 0 Å². The van der Waals surface area contributed by atoms with Crippen LogP contribution >= 0.6 is 0 Å². The Morgan fingerprint density at radius 2 is 2.19 bits per heavy atom. The van der Waals surface area contributed by atoms with Crippen molar-refractivity contribution in [3.8, 4) is 0 Å². The summed E-state index contributed by atoms with van der Waals surface area (Å²) in [6.45, 7) is 2.23. The van der Waals surface area contributed by atoms with Crippen LogP contribution in [-0.4, -0.2) is 54.6 Å². The van der Waals surface area contributed by atoms with Gasteiger partial charge in [0.2, 0.25) is 18.2 Å². The SMILES string of the molecule is Cc1c([C@@H]2[C@@H](C(=O)N(C)Cc3ncon3)CC(=O)N2C2CC2)cnn1C. The van der Waals surface area contributed by atoms with Gasteiger partial charge < -0.3 is 14.3 Å². The zero-order chi connectivity index (χ0) is 18.4. The largest absolute Gasteiger partial charge is 0.343 e. The first-order valence-corrected chi connectivity index (χ1v) is 8.77. The van der Waals surface area contributed by atoms with E-state index < -0.39 is 5.92 Å². The summed E-state index contributed by atoms with van der Waals surface area (Å²) >= 11 is 0. The molecule has 2 amide bonds. The summed E-state index contributed by atoms with van der Waals surface area (Å²) in [6.07, 6.45) is 5.25. The molecule has 9 nitrogen and oxygen atoms in total. The molecule has 0 unspecified atom stereocenters. The molecule has 4 rings (SSSR count). The Morgan fingerprint density at radius 1 is 1.42 bits per heavy atom. The van der Waals surface area contributed by atoms with Crippen LogP contribution in [0, 0.1) is 12.8 Å². The molecule has 3 heterocycles. The first-order valence-electron chi connectivity index (χ1n) is 8.77. The Morgan fingerprint density at radius 3 is 2.77 bits per heavy atom. The predicted octanol–water partition coefficient (Wildman–Crippen LogP) is 0.822. The van der Waals surface area contributed by atoms with Crippen LogP contribution in [0.4, 0.5) is 0 Å². The minimum Gasteiger partial charge on any atom is -0.343 e. The number of hydrogen-bond donors (Lipinski definition) is 0. The highest BCUT2D eigenvalue weighted by Gasteiger charge is 2.51. The molecule has 1 aliphatic carbocycles. The number of amides is 2. The van der Waals surface area contributed by atoms with Crippen molar-refractivity contribution in [1.29, 1.82) is 0 Å². The number of nitrogens with zero attached hydrogens (tertiary/aromatic N) is 6. The minimum absolute atomic E-state index is 0.0482. The van der Waals surface area contributed by atoms with E-state index in [1.807, 2.05) is 18.9 Å². The lowest BCUT2D eigenvalue weighted by Crippen LogP contribution is -2.37. The maximum atomic E-state index is 13.1. The zero-order valence-corrected chi connectivity index (χ0v) is 15.1. The van der Waals surface area contributed by atoms with Crippen LogP contribution in [0.2, 0.25) is 0 Å². The van der Waals surface area contributed by atoms with Crippen molar-refractivity contribution in [3.05, 3.63) is 29.7 Å². The molecule has 0 bridgehead atoms. The van der Waals surface area contributed by atoms with Gasteiger partial charge in [0, 0.05) is 37.8 Å². The van der Waals surface area contributed by atoms with E-state index in [9.17, 15) is 9.59 Å². The molecule has 0 radical (unpaired) electrons. The van der Waals surface area contributed by atoms with Crippen LogP contribution in [0.5, 0.6) is 0 Å². The summed E-state index contributed by atoms with van der Waals surface area (Å²) in [5.41, 5.74) is 1.94. The second-order valence-electron chi connectivity index (χ2n) is 7.14. The second kappa shape index (κ2) is 6.22. The quantitative estimate of drug-likeness (QED) is 0.785. The Labute approximate surface area is 150 Å². The van der Waals surface area contributed by atoms with Crippen molar-refractivity contribution in [3.63, 3.8) is 0 Å².